The molecule has 2 aromatic rings. The largest absolute Gasteiger partial charge is 0.373 e. The van der Waals surface area contributed by atoms with Crippen LogP contribution in [0, 0.1) is 0 Å². The molecule has 1 aromatic heterocycles. The highest BCUT2D eigenvalue weighted by molar-refractivity contribution is 5.58. The van der Waals surface area contributed by atoms with Crippen LogP contribution < -0.4 is 10.6 Å². The molecule has 1 aromatic carbocycles. The summed E-state index contributed by atoms with van der Waals surface area (Å²) in [5, 5.41) is 6.20. The summed E-state index contributed by atoms with van der Waals surface area (Å²) in [5.74, 6) is 1.61. The number of hydrogen-bond donors (Lipinski definition) is 2. The van der Waals surface area contributed by atoms with Gasteiger partial charge in [-0.25, -0.2) is 9.97 Å². The summed E-state index contributed by atoms with van der Waals surface area (Å²) in [6.07, 6.45) is 1.86. The van der Waals surface area contributed by atoms with E-state index < -0.39 is 0 Å². The van der Waals surface area contributed by atoms with Gasteiger partial charge in [-0.3, -0.25) is 0 Å². The monoisotopic (exact) mass is 228 g/mol. The van der Waals surface area contributed by atoms with Crippen LogP contribution in [0.15, 0.2) is 36.5 Å². The highest BCUT2D eigenvalue weighted by Gasteiger charge is 2.06. The van der Waals surface area contributed by atoms with Crippen molar-refractivity contribution >= 4 is 5.82 Å². The van der Waals surface area contributed by atoms with Gasteiger partial charge >= 0.3 is 0 Å². The predicted molar refractivity (Wildman–Crippen MR) is 69.8 cm³/mol. The first-order valence-corrected chi connectivity index (χ1v) is 5.59. The molecule has 17 heavy (non-hydrogen) atoms. The number of hydrogen-bond acceptors (Lipinski definition) is 4. The van der Waals surface area contributed by atoms with E-state index in [-0.39, 0.29) is 0 Å². The van der Waals surface area contributed by atoms with Crippen LogP contribution in [-0.2, 0) is 6.54 Å². The van der Waals surface area contributed by atoms with Gasteiger partial charge in [0.15, 0.2) is 5.82 Å². The van der Waals surface area contributed by atoms with E-state index in [1.165, 1.54) is 0 Å². The van der Waals surface area contributed by atoms with Crippen LogP contribution in [0.25, 0.3) is 11.4 Å². The molecule has 2 rings (SSSR count). The van der Waals surface area contributed by atoms with E-state index in [0.717, 1.165) is 29.3 Å². The minimum absolute atomic E-state index is 0.745. The zero-order valence-electron chi connectivity index (χ0n) is 10.1. The molecule has 0 amide bonds. The summed E-state index contributed by atoms with van der Waals surface area (Å²) < 4.78 is 0. The molecule has 0 fully saturated rings. The molecule has 0 aliphatic heterocycles. The van der Waals surface area contributed by atoms with Crippen LogP contribution >= 0.6 is 0 Å². The third-order valence-corrected chi connectivity index (χ3v) is 2.50. The van der Waals surface area contributed by atoms with E-state index in [4.69, 9.17) is 0 Å². The van der Waals surface area contributed by atoms with Gasteiger partial charge in [0.05, 0.1) is 0 Å². The van der Waals surface area contributed by atoms with E-state index in [9.17, 15) is 0 Å². The summed E-state index contributed by atoms with van der Waals surface area (Å²) in [4.78, 5) is 8.90. The Labute approximate surface area is 101 Å². The maximum Gasteiger partial charge on any atom is 0.161 e. The van der Waals surface area contributed by atoms with E-state index in [1.807, 2.05) is 50.6 Å². The molecule has 2 N–H and O–H groups in total. The van der Waals surface area contributed by atoms with Crippen molar-refractivity contribution in [2.24, 2.45) is 0 Å². The average molecular weight is 228 g/mol. The molecule has 0 bridgehead atoms. The molecule has 0 radical (unpaired) electrons. The first-order chi connectivity index (χ1) is 8.35. The van der Waals surface area contributed by atoms with Gasteiger partial charge in [0.2, 0.25) is 0 Å². The van der Waals surface area contributed by atoms with Gasteiger partial charge in [-0.15, -0.1) is 0 Å². The second kappa shape index (κ2) is 5.41. The molecule has 88 valence electrons. The zero-order chi connectivity index (χ0) is 12.1. The lowest BCUT2D eigenvalue weighted by molar-refractivity contribution is 0.809. The molecule has 4 heteroatoms. The fourth-order valence-electron chi connectivity index (χ4n) is 1.67. The fourth-order valence-corrected chi connectivity index (χ4v) is 1.67. The van der Waals surface area contributed by atoms with Gasteiger partial charge in [0.25, 0.3) is 0 Å². The Morgan fingerprint density at radius 1 is 1.12 bits per heavy atom. The maximum atomic E-state index is 4.52. The summed E-state index contributed by atoms with van der Waals surface area (Å²) in [6, 6.07) is 9.97. The average Bonchev–Trinajstić information content (AvgIpc) is 2.40. The van der Waals surface area contributed by atoms with Crippen LogP contribution in [0.4, 0.5) is 5.82 Å². The molecule has 0 atom stereocenters. The number of aromatic nitrogens is 2. The van der Waals surface area contributed by atoms with E-state index in [1.54, 1.807) is 0 Å². The Morgan fingerprint density at radius 3 is 2.53 bits per heavy atom. The number of anilines is 1. The predicted octanol–water partition coefficient (Wildman–Crippen LogP) is 1.90. The van der Waals surface area contributed by atoms with Crippen molar-refractivity contribution in [2.45, 2.75) is 6.54 Å². The second-order valence-corrected chi connectivity index (χ2v) is 3.71. The molecule has 0 saturated carbocycles. The maximum absolute atomic E-state index is 4.52. The summed E-state index contributed by atoms with van der Waals surface area (Å²) in [6.45, 7) is 0.755. The molecule has 0 spiro atoms. The molecule has 0 aliphatic carbocycles. The normalized spacial score (nSPS) is 10.2. The molecular formula is C13H16N4. The van der Waals surface area contributed by atoms with Crippen LogP contribution in [0.5, 0.6) is 0 Å². The van der Waals surface area contributed by atoms with Crippen LogP contribution in [0.2, 0.25) is 0 Å². The van der Waals surface area contributed by atoms with Gasteiger partial charge in [-0.1, -0.05) is 30.3 Å². The molecule has 0 saturated heterocycles. The summed E-state index contributed by atoms with van der Waals surface area (Å²) in [7, 11) is 3.78. The minimum Gasteiger partial charge on any atom is -0.373 e. The van der Waals surface area contributed by atoms with Gasteiger partial charge in [-0.2, -0.15) is 0 Å². The quantitative estimate of drug-likeness (QED) is 0.839. The summed E-state index contributed by atoms with van der Waals surface area (Å²) >= 11 is 0. The van der Waals surface area contributed by atoms with Crippen LogP contribution in [0.1, 0.15) is 5.56 Å². The van der Waals surface area contributed by atoms with Crippen LogP contribution in [0.3, 0.4) is 0 Å². The Bertz CT molecular complexity index is 482. The molecule has 0 unspecified atom stereocenters. The number of benzene rings is 1. The van der Waals surface area contributed by atoms with Crippen molar-refractivity contribution in [3.63, 3.8) is 0 Å². The minimum atomic E-state index is 0.745. The Balaban J connectivity index is 2.38. The molecular weight excluding hydrogens is 212 g/mol. The van der Waals surface area contributed by atoms with Crippen molar-refractivity contribution in [3.8, 4) is 11.4 Å². The first-order valence-electron chi connectivity index (χ1n) is 5.59. The lowest BCUT2D eigenvalue weighted by atomic mass is 10.2. The third kappa shape index (κ3) is 2.60. The lowest BCUT2D eigenvalue weighted by Gasteiger charge is -2.09. The van der Waals surface area contributed by atoms with Gasteiger partial charge in [-0.05, 0) is 7.05 Å². The fraction of sp³-hybridized carbons (Fsp3) is 0.231. The Morgan fingerprint density at radius 2 is 1.88 bits per heavy atom. The molecule has 4 nitrogen and oxygen atoms in total. The van der Waals surface area contributed by atoms with Crippen molar-refractivity contribution in [2.75, 3.05) is 19.4 Å². The number of nitrogens with one attached hydrogen (secondary N) is 2. The van der Waals surface area contributed by atoms with Gasteiger partial charge < -0.3 is 10.6 Å². The lowest BCUT2D eigenvalue weighted by Crippen LogP contribution is -2.10. The number of nitrogens with zero attached hydrogens (tertiary/aromatic N) is 2. The van der Waals surface area contributed by atoms with Crippen molar-refractivity contribution < 1.29 is 0 Å². The second-order valence-electron chi connectivity index (χ2n) is 3.71. The topological polar surface area (TPSA) is 49.8 Å². The number of rotatable bonds is 4. The van der Waals surface area contributed by atoms with Gasteiger partial charge in [0, 0.05) is 30.9 Å². The molecule has 0 aliphatic rings. The van der Waals surface area contributed by atoms with Crippen molar-refractivity contribution in [3.05, 3.63) is 42.1 Å². The van der Waals surface area contributed by atoms with Crippen molar-refractivity contribution in [1.29, 1.82) is 0 Å². The van der Waals surface area contributed by atoms with E-state index >= 15 is 0 Å². The third-order valence-electron chi connectivity index (χ3n) is 2.50. The van der Waals surface area contributed by atoms with E-state index in [0.29, 0.717) is 0 Å². The van der Waals surface area contributed by atoms with Gasteiger partial charge in [0.1, 0.15) is 5.82 Å². The summed E-state index contributed by atoms with van der Waals surface area (Å²) in [5.41, 5.74) is 2.09. The smallest absolute Gasteiger partial charge is 0.161 e. The molecule has 1 heterocycles. The van der Waals surface area contributed by atoms with Crippen molar-refractivity contribution in [1.82, 2.24) is 15.3 Å². The SMILES string of the molecule is CNCc1cnc(-c2ccccc2)nc1NC. The standard InChI is InChI=1S/C13H16N4/c1-14-8-11-9-16-13(17-12(11)15-2)10-6-4-3-5-7-10/h3-7,9,14H,8H2,1-2H3,(H,15,16,17). The van der Waals surface area contributed by atoms with Crippen LogP contribution in [-0.4, -0.2) is 24.1 Å². The zero-order valence-corrected chi connectivity index (χ0v) is 10.1. The first kappa shape index (κ1) is 11.5. The van der Waals surface area contributed by atoms with E-state index in [2.05, 4.69) is 20.6 Å². The Hall–Kier alpha value is -1.94. The highest BCUT2D eigenvalue weighted by Crippen LogP contribution is 2.18. The Kier molecular flexibility index (Phi) is 3.67. The highest BCUT2D eigenvalue weighted by atomic mass is 15.0.